The lowest BCUT2D eigenvalue weighted by Crippen LogP contribution is -2.03. The van der Waals surface area contributed by atoms with Crippen molar-refractivity contribution >= 4 is 31.9 Å². The molecule has 2 saturated carbocycles. The second kappa shape index (κ2) is 1.64. The van der Waals surface area contributed by atoms with Gasteiger partial charge in [0, 0.05) is 0 Å². The van der Waals surface area contributed by atoms with Crippen LogP contribution in [-0.4, -0.2) is 15.4 Å². The Morgan fingerprint density at radius 3 is 2.10 bits per heavy atom. The van der Waals surface area contributed by atoms with Crippen LogP contribution in [0.5, 0.6) is 0 Å². The third-order valence-corrected chi connectivity index (χ3v) is 5.38. The Morgan fingerprint density at radius 1 is 1.10 bits per heavy atom. The zero-order valence-corrected chi connectivity index (χ0v) is 8.56. The minimum atomic E-state index is 0.302. The molecule has 0 radical (unpaired) electrons. The quantitative estimate of drug-likeness (QED) is 0.485. The number of hydrogen-bond donors (Lipinski definition) is 0. The van der Waals surface area contributed by atoms with Crippen molar-refractivity contribution in [3.8, 4) is 0 Å². The summed E-state index contributed by atoms with van der Waals surface area (Å²) < 4.78 is 5.73. The lowest BCUT2D eigenvalue weighted by Gasteiger charge is -1.98. The van der Waals surface area contributed by atoms with Crippen molar-refractivity contribution in [2.75, 3.05) is 0 Å². The first-order chi connectivity index (χ1) is 4.69. The van der Waals surface area contributed by atoms with Crippen molar-refractivity contribution in [1.82, 2.24) is 0 Å². The van der Waals surface area contributed by atoms with Crippen LogP contribution in [0.1, 0.15) is 12.8 Å². The van der Waals surface area contributed by atoms with E-state index >= 15 is 0 Å². The van der Waals surface area contributed by atoms with Gasteiger partial charge in [-0.3, -0.25) is 0 Å². The van der Waals surface area contributed by atoms with Crippen LogP contribution in [0, 0.1) is 11.8 Å². The van der Waals surface area contributed by atoms with Crippen LogP contribution in [-0.2, 0) is 4.74 Å². The minimum absolute atomic E-state index is 0.302. The number of fused-ring (bicyclic) bond motifs is 2. The van der Waals surface area contributed by atoms with Crippen LogP contribution in [0.2, 0.25) is 0 Å². The summed E-state index contributed by atoms with van der Waals surface area (Å²) in [7, 11) is 0. The Kier molecular flexibility index (Phi) is 1.06. The molecule has 0 unspecified atom stereocenters. The number of ether oxygens (including phenoxy) is 1. The molecular weight excluding hydrogens is 260 g/mol. The number of halogens is 2. The zero-order chi connectivity index (χ0) is 6.93. The molecule has 0 amide bonds. The molecule has 3 rings (SSSR count). The minimum Gasteiger partial charge on any atom is -0.370 e. The molecule has 1 aliphatic heterocycles. The first kappa shape index (κ1) is 6.44. The highest BCUT2D eigenvalue weighted by atomic mass is 79.9. The number of hydrogen-bond acceptors (Lipinski definition) is 1. The fourth-order valence-corrected chi connectivity index (χ4v) is 3.96. The van der Waals surface area contributed by atoms with E-state index in [-0.39, 0.29) is 0 Å². The van der Waals surface area contributed by atoms with Crippen LogP contribution in [0.25, 0.3) is 0 Å². The molecule has 1 heterocycles. The van der Waals surface area contributed by atoms with Crippen molar-refractivity contribution in [1.29, 1.82) is 0 Å². The van der Waals surface area contributed by atoms with Crippen molar-refractivity contribution in [2.24, 2.45) is 11.8 Å². The molecule has 0 aromatic heterocycles. The largest absolute Gasteiger partial charge is 0.370 e. The summed E-state index contributed by atoms with van der Waals surface area (Å²) >= 11 is 7.38. The smallest absolute Gasteiger partial charge is 0.0870 e. The van der Waals surface area contributed by atoms with Gasteiger partial charge >= 0.3 is 0 Å². The van der Waals surface area contributed by atoms with Gasteiger partial charge < -0.3 is 4.74 Å². The van der Waals surface area contributed by atoms with Crippen molar-refractivity contribution in [3.05, 3.63) is 0 Å². The Morgan fingerprint density at radius 2 is 1.60 bits per heavy atom. The molecule has 3 fully saturated rings. The molecule has 3 heteroatoms. The fraction of sp³-hybridized carbons (Fsp3) is 1.00. The maximum atomic E-state index is 5.43. The van der Waals surface area contributed by atoms with Crippen molar-refractivity contribution < 1.29 is 4.74 Å². The van der Waals surface area contributed by atoms with E-state index in [1.54, 1.807) is 0 Å². The lowest BCUT2D eigenvalue weighted by atomic mass is 10.0. The molecule has 0 aromatic carbocycles. The first-order valence-electron chi connectivity index (χ1n) is 3.73. The highest BCUT2D eigenvalue weighted by Gasteiger charge is 2.68. The predicted molar refractivity (Wildman–Crippen MR) is 45.5 cm³/mol. The summed E-state index contributed by atoms with van der Waals surface area (Å²) in [5.74, 6) is 1.69. The number of epoxide rings is 1. The van der Waals surface area contributed by atoms with Gasteiger partial charge in [0.1, 0.15) is 0 Å². The summed E-state index contributed by atoms with van der Waals surface area (Å²) in [6, 6.07) is 0. The molecule has 1 nitrogen and oxygen atoms in total. The SMILES string of the molecule is BrC1(Br)[C@@H]2C[C@@H]3O[C@@H]3C[C@@H]21. The third kappa shape index (κ3) is 0.669. The lowest BCUT2D eigenvalue weighted by molar-refractivity contribution is 0.363. The Balaban J connectivity index is 1.83. The van der Waals surface area contributed by atoms with Crippen molar-refractivity contribution in [3.63, 3.8) is 0 Å². The van der Waals surface area contributed by atoms with E-state index in [9.17, 15) is 0 Å². The average molecular weight is 268 g/mol. The van der Waals surface area contributed by atoms with Gasteiger partial charge in [0.15, 0.2) is 0 Å². The highest BCUT2D eigenvalue weighted by molar-refractivity contribution is 9.25. The van der Waals surface area contributed by atoms with Gasteiger partial charge in [0.05, 0.1) is 15.4 Å². The summed E-state index contributed by atoms with van der Waals surface area (Å²) in [6.45, 7) is 0. The molecule has 0 spiro atoms. The van der Waals surface area contributed by atoms with E-state index in [1.165, 1.54) is 12.8 Å². The summed E-state index contributed by atoms with van der Waals surface area (Å²) in [5, 5.41) is 0. The Hall–Kier alpha value is 0.920. The van der Waals surface area contributed by atoms with Crippen LogP contribution >= 0.6 is 31.9 Å². The van der Waals surface area contributed by atoms with Gasteiger partial charge in [-0.25, -0.2) is 0 Å². The van der Waals surface area contributed by atoms with Gasteiger partial charge in [-0.15, -0.1) is 0 Å². The molecule has 1 saturated heterocycles. The maximum absolute atomic E-state index is 5.43. The second-order valence-electron chi connectivity index (χ2n) is 3.57. The van der Waals surface area contributed by atoms with E-state index in [4.69, 9.17) is 4.74 Å². The standard InChI is InChI=1S/C7H8Br2O/c8-7(9)3-1-5-6(10-5)2-4(3)7/h3-6H,1-2H2/t3-,4+,5+,6-. The second-order valence-corrected chi connectivity index (χ2v) is 7.26. The normalized spacial score (nSPS) is 60.6. The van der Waals surface area contributed by atoms with E-state index in [0.29, 0.717) is 15.4 Å². The number of alkyl halides is 2. The molecule has 0 N–H and O–H groups in total. The van der Waals surface area contributed by atoms with Gasteiger partial charge in [0.2, 0.25) is 0 Å². The van der Waals surface area contributed by atoms with Crippen LogP contribution < -0.4 is 0 Å². The van der Waals surface area contributed by atoms with E-state index in [1.807, 2.05) is 0 Å². The molecule has 0 aromatic rings. The molecule has 0 bridgehead atoms. The van der Waals surface area contributed by atoms with Crippen LogP contribution in [0.3, 0.4) is 0 Å². The van der Waals surface area contributed by atoms with Gasteiger partial charge in [0.25, 0.3) is 0 Å². The first-order valence-corrected chi connectivity index (χ1v) is 5.31. The number of rotatable bonds is 0. The monoisotopic (exact) mass is 266 g/mol. The van der Waals surface area contributed by atoms with Crippen LogP contribution in [0.15, 0.2) is 0 Å². The maximum Gasteiger partial charge on any atom is 0.0870 e. The Labute approximate surface area is 76.8 Å². The zero-order valence-electron chi connectivity index (χ0n) is 5.39. The molecule has 10 heavy (non-hydrogen) atoms. The van der Waals surface area contributed by atoms with E-state index < -0.39 is 0 Å². The van der Waals surface area contributed by atoms with Gasteiger partial charge in [-0.1, -0.05) is 31.9 Å². The average Bonchev–Trinajstić information content (AvgIpc) is 2.70. The molecule has 4 atom stereocenters. The predicted octanol–water partition coefficient (Wildman–Crippen LogP) is 2.28. The fourth-order valence-electron chi connectivity index (χ4n) is 2.20. The summed E-state index contributed by atoms with van der Waals surface area (Å²) in [5.41, 5.74) is 0. The van der Waals surface area contributed by atoms with E-state index in [2.05, 4.69) is 31.9 Å². The highest BCUT2D eigenvalue weighted by Crippen LogP contribution is 2.70. The molecule has 3 aliphatic rings. The Bertz CT molecular complexity index is 174. The van der Waals surface area contributed by atoms with Gasteiger partial charge in [-0.05, 0) is 24.7 Å². The molecule has 2 aliphatic carbocycles. The van der Waals surface area contributed by atoms with Crippen molar-refractivity contribution in [2.45, 2.75) is 28.3 Å². The van der Waals surface area contributed by atoms with Gasteiger partial charge in [-0.2, -0.15) is 0 Å². The van der Waals surface area contributed by atoms with E-state index in [0.717, 1.165) is 11.8 Å². The molecular formula is C7H8Br2O. The molecule has 56 valence electrons. The summed E-state index contributed by atoms with van der Waals surface area (Å²) in [4.78, 5) is 0. The topological polar surface area (TPSA) is 12.5 Å². The summed E-state index contributed by atoms with van der Waals surface area (Å²) in [6.07, 6.45) is 3.79. The van der Waals surface area contributed by atoms with Crippen LogP contribution in [0.4, 0.5) is 0 Å². The third-order valence-electron chi connectivity index (χ3n) is 3.03.